The Morgan fingerprint density at radius 2 is 1.70 bits per heavy atom. The number of carbonyl (C=O) groups excluding carboxylic acids is 1. The number of hydrogen-bond donors (Lipinski definition) is 3. The number of rotatable bonds is 12. The number of benzene rings is 4. The van der Waals surface area contributed by atoms with Crippen molar-refractivity contribution in [1.29, 1.82) is 0 Å². The molecule has 0 unspecified atom stereocenters. The third-order valence-corrected chi connectivity index (χ3v) is 14.1. The molecule has 8 rings (SSSR count). The Bertz CT molecular complexity index is 2550. The van der Waals surface area contributed by atoms with E-state index in [9.17, 15) is 22.7 Å². The number of fused-ring (bicyclic) bond motifs is 1. The minimum absolute atomic E-state index is 0.0420. The summed E-state index contributed by atoms with van der Waals surface area (Å²) in [7, 11) is -4.41. The zero-order chi connectivity index (χ0) is 42.9. The molecule has 3 aliphatic rings. The maximum Gasteiger partial charge on any atom is 0.268 e. The van der Waals surface area contributed by atoms with Crippen molar-refractivity contribution in [1.82, 2.24) is 19.8 Å². The van der Waals surface area contributed by atoms with E-state index in [0.717, 1.165) is 62.4 Å². The molecule has 5 aromatic rings. The van der Waals surface area contributed by atoms with Crippen molar-refractivity contribution < 1.29 is 32.2 Å². The number of aromatic nitrogens is 2. The molecule has 1 amide bonds. The second kappa shape index (κ2) is 18.0. The molecule has 3 N–H and O–H groups in total. The molecule has 0 atom stereocenters. The van der Waals surface area contributed by atoms with E-state index in [-0.39, 0.29) is 44.4 Å². The summed E-state index contributed by atoms with van der Waals surface area (Å²) >= 11 is 12.7. The molecule has 1 saturated carbocycles. The molecular weight excluding hydrogens is 841 g/mol. The van der Waals surface area contributed by atoms with Gasteiger partial charge in [0.05, 0.1) is 45.3 Å². The average Bonchev–Trinajstić information content (AvgIpc) is 3.71. The van der Waals surface area contributed by atoms with E-state index in [1.807, 2.05) is 12.1 Å². The van der Waals surface area contributed by atoms with Crippen molar-refractivity contribution in [3.05, 3.63) is 112 Å². The molecule has 2 heterocycles. The lowest BCUT2D eigenvalue weighted by atomic mass is 9.72. The van der Waals surface area contributed by atoms with E-state index in [1.54, 1.807) is 12.1 Å². The van der Waals surface area contributed by atoms with Gasteiger partial charge in [-0.15, -0.1) is 0 Å². The lowest BCUT2D eigenvalue weighted by Gasteiger charge is -2.39. The fourth-order valence-corrected chi connectivity index (χ4v) is 10.0. The molecule has 0 spiro atoms. The number of nitrogens with one attached hydrogen (secondary N) is 2. The van der Waals surface area contributed by atoms with Crippen LogP contribution < -0.4 is 19.1 Å². The number of piperazine rings is 1. The van der Waals surface area contributed by atoms with E-state index in [4.69, 9.17) is 32.7 Å². The summed E-state index contributed by atoms with van der Waals surface area (Å²) in [5.41, 5.74) is 5.39. The fraction of sp³-hybridized carbons (Fsp3) is 0.391. The van der Waals surface area contributed by atoms with E-state index in [0.29, 0.717) is 49.2 Å². The number of halogens is 3. The van der Waals surface area contributed by atoms with Crippen molar-refractivity contribution in [2.24, 2.45) is 11.3 Å². The number of aromatic amines is 1. The first-order chi connectivity index (χ1) is 29.2. The van der Waals surface area contributed by atoms with Gasteiger partial charge in [-0.3, -0.25) is 14.8 Å². The van der Waals surface area contributed by atoms with Crippen LogP contribution in [0.5, 0.6) is 17.2 Å². The number of hydrogen-bond acceptors (Lipinski definition) is 9. The highest BCUT2D eigenvalue weighted by molar-refractivity contribution is 7.90. The third kappa shape index (κ3) is 10.2. The Labute approximate surface area is 365 Å². The van der Waals surface area contributed by atoms with Crippen LogP contribution in [0.4, 0.5) is 10.1 Å². The Balaban J connectivity index is 0.999. The SMILES string of the molecule is CC1(C)CCC(CN2CCN(c3ccc(C(=O)NS(=O)(=O)c4ccc(OC[C@H]5CC[C@H](O)CC5)c(Cl)c4)c(Oc4cc(F)cc5[nH]ncc45)c3)CC2)=C(c2ccc(Cl)cc2)C1. The van der Waals surface area contributed by atoms with Crippen molar-refractivity contribution in [2.75, 3.05) is 44.2 Å². The summed E-state index contributed by atoms with van der Waals surface area (Å²) in [6, 6.07) is 19.6. The van der Waals surface area contributed by atoms with Gasteiger partial charge in [-0.05, 0) is 116 Å². The summed E-state index contributed by atoms with van der Waals surface area (Å²) in [6.45, 7) is 8.92. The van der Waals surface area contributed by atoms with Gasteiger partial charge in [0, 0.05) is 55.6 Å². The number of allylic oxidation sites excluding steroid dienone is 1. The summed E-state index contributed by atoms with van der Waals surface area (Å²) in [5, 5.41) is 17.9. The monoisotopic (exact) mass is 889 g/mol. The summed E-state index contributed by atoms with van der Waals surface area (Å²) in [4.78, 5) is 18.4. The van der Waals surface area contributed by atoms with Crippen molar-refractivity contribution >= 4 is 61.3 Å². The number of amides is 1. The molecule has 15 heteroatoms. The Morgan fingerprint density at radius 1 is 0.951 bits per heavy atom. The number of nitrogens with zero attached hydrogens (tertiary/aromatic N) is 3. The number of anilines is 1. The first-order valence-electron chi connectivity index (χ1n) is 20.8. The lowest BCUT2D eigenvalue weighted by molar-refractivity contribution is 0.0917. The van der Waals surface area contributed by atoms with Gasteiger partial charge in [0.15, 0.2) is 0 Å². The smallest absolute Gasteiger partial charge is 0.268 e. The highest BCUT2D eigenvalue weighted by Gasteiger charge is 2.30. The number of H-pyrrole nitrogens is 1. The largest absolute Gasteiger partial charge is 0.492 e. The number of aliphatic hydroxyl groups is 1. The van der Waals surface area contributed by atoms with Crippen molar-refractivity contribution in [3.8, 4) is 17.2 Å². The lowest BCUT2D eigenvalue weighted by Crippen LogP contribution is -2.47. The predicted octanol–water partition coefficient (Wildman–Crippen LogP) is 9.64. The quantitative estimate of drug-likeness (QED) is 0.112. The Kier molecular flexibility index (Phi) is 12.7. The Hall–Kier alpha value is -4.66. The van der Waals surface area contributed by atoms with E-state index in [2.05, 4.69) is 50.7 Å². The van der Waals surface area contributed by atoms with Crippen LogP contribution in [0.1, 0.15) is 74.7 Å². The van der Waals surface area contributed by atoms with Gasteiger partial charge in [-0.25, -0.2) is 17.5 Å². The van der Waals surface area contributed by atoms with E-state index >= 15 is 0 Å². The standard InChI is InChI=1S/C46H50Cl2FN5O6S/c1-46(2)16-15-31(38(25-46)30-5-7-32(47)8-6-30)27-53-17-19-54(20-18-53)34-9-13-37(44(23-34)60-43-22-33(49)21-41-39(43)26-50-51-41)45(56)52-61(57,58)36-12-14-42(40(48)24-36)59-28-29-3-10-35(55)11-4-29/h5-9,12-14,21-24,26,29,35,55H,3-4,10-11,15-20,25,27-28H2,1-2H3,(H,50,51)(H,52,56)/t29-,35-. The third-order valence-electron chi connectivity index (χ3n) is 12.2. The first kappa shape index (κ1) is 43.0. The molecule has 1 aliphatic heterocycles. The first-order valence-corrected chi connectivity index (χ1v) is 23.0. The molecule has 1 saturated heterocycles. The number of carbonyl (C=O) groups is 1. The fourth-order valence-electron chi connectivity index (χ4n) is 8.59. The second-order valence-corrected chi connectivity index (χ2v) is 19.7. The number of aliphatic hydroxyl groups excluding tert-OH is 1. The maximum absolute atomic E-state index is 14.8. The van der Waals surface area contributed by atoms with Gasteiger partial charge in [0.1, 0.15) is 23.1 Å². The van der Waals surface area contributed by atoms with E-state index in [1.165, 1.54) is 59.3 Å². The van der Waals surface area contributed by atoms with Crippen LogP contribution in [0.3, 0.4) is 0 Å². The molecule has 4 aromatic carbocycles. The van der Waals surface area contributed by atoms with Crippen molar-refractivity contribution in [2.45, 2.75) is 69.8 Å². The van der Waals surface area contributed by atoms with Gasteiger partial charge in [-0.2, -0.15) is 5.10 Å². The molecule has 322 valence electrons. The number of ether oxygens (including phenoxy) is 2. The predicted molar refractivity (Wildman–Crippen MR) is 237 cm³/mol. The minimum Gasteiger partial charge on any atom is -0.492 e. The van der Waals surface area contributed by atoms with Gasteiger partial charge in [-0.1, -0.05) is 54.8 Å². The molecule has 2 aliphatic carbocycles. The van der Waals surface area contributed by atoms with Crippen molar-refractivity contribution in [3.63, 3.8) is 0 Å². The molecular formula is C46H50Cl2FN5O6S. The molecule has 0 radical (unpaired) electrons. The van der Waals surface area contributed by atoms with Gasteiger partial charge >= 0.3 is 0 Å². The zero-order valence-corrected chi connectivity index (χ0v) is 36.6. The molecule has 2 fully saturated rings. The average molecular weight is 891 g/mol. The topological polar surface area (TPSA) is 137 Å². The molecule has 61 heavy (non-hydrogen) atoms. The van der Waals surface area contributed by atoms with Crippen LogP contribution in [0.25, 0.3) is 16.5 Å². The van der Waals surface area contributed by atoms with Gasteiger partial charge < -0.3 is 19.5 Å². The van der Waals surface area contributed by atoms with Crippen LogP contribution in [-0.4, -0.2) is 80.0 Å². The summed E-state index contributed by atoms with van der Waals surface area (Å²) < 4.78 is 56.4. The summed E-state index contributed by atoms with van der Waals surface area (Å²) in [6.07, 6.45) is 7.47. The summed E-state index contributed by atoms with van der Waals surface area (Å²) in [5.74, 6) is -0.787. The minimum atomic E-state index is -4.41. The molecule has 11 nitrogen and oxygen atoms in total. The van der Waals surface area contributed by atoms with E-state index < -0.39 is 21.7 Å². The zero-order valence-electron chi connectivity index (χ0n) is 34.2. The van der Waals surface area contributed by atoms with Gasteiger partial charge in [0.25, 0.3) is 15.9 Å². The highest BCUT2D eigenvalue weighted by atomic mass is 35.5. The number of sulfonamides is 1. The maximum atomic E-state index is 14.8. The molecule has 0 bridgehead atoms. The van der Waals surface area contributed by atoms with Crippen LogP contribution >= 0.6 is 23.2 Å². The van der Waals surface area contributed by atoms with Crippen LogP contribution in [0.15, 0.2) is 89.5 Å². The second-order valence-electron chi connectivity index (χ2n) is 17.2. The van der Waals surface area contributed by atoms with Crippen LogP contribution in [0, 0.1) is 17.2 Å². The molecule has 1 aromatic heterocycles. The van der Waals surface area contributed by atoms with Crippen LogP contribution in [-0.2, 0) is 10.0 Å². The highest BCUT2D eigenvalue weighted by Crippen LogP contribution is 2.44. The Morgan fingerprint density at radius 3 is 2.44 bits per heavy atom. The van der Waals surface area contributed by atoms with Crippen LogP contribution in [0.2, 0.25) is 10.0 Å². The normalized spacial score (nSPS) is 19.9. The van der Waals surface area contributed by atoms with Gasteiger partial charge in [0.2, 0.25) is 0 Å².